The Morgan fingerprint density at radius 1 is 1.23 bits per heavy atom. The van der Waals surface area contributed by atoms with Gasteiger partial charge >= 0.3 is 6.03 Å². The molecule has 8 heteroatoms. The van der Waals surface area contributed by atoms with Gasteiger partial charge in [-0.1, -0.05) is 29.8 Å². The van der Waals surface area contributed by atoms with Crippen molar-refractivity contribution >= 4 is 29.2 Å². The van der Waals surface area contributed by atoms with Crippen molar-refractivity contribution in [2.24, 2.45) is 11.1 Å². The average Bonchev–Trinajstić information content (AvgIpc) is 2.75. The number of hydrogen-bond acceptors (Lipinski definition) is 3. The van der Waals surface area contributed by atoms with Crippen molar-refractivity contribution in [3.8, 4) is 5.75 Å². The van der Waals surface area contributed by atoms with E-state index in [4.69, 9.17) is 22.1 Å². The number of hydrogen-bond donors (Lipinski definition) is 2. The van der Waals surface area contributed by atoms with Crippen molar-refractivity contribution in [2.75, 3.05) is 25.0 Å². The van der Waals surface area contributed by atoms with Crippen molar-refractivity contribution in [3.63, 3.8) is 0 Å². The fourth-order valence-corrected chi connectivity index (χ4v) is 3.92. The lowest BCUT2D eigenvalue weighted by Crippen LogP contribution is -2.45. The van der Waals surface area contributed by atoms with Crippen LogP contribution < -0.4 is 15.8 Å². The SMILES string of the molecule is C=CC1(Cc2ccc(F)cc2)CCN(C(=O)COc2ccc(Cl)cc2NC(N)=O)CC1. The van der Waals surface area contributed by atoms with Gasteiger partial charge in [-0.3, -0.25) is 4.79 Å². The predicted molar refractivity (Wildman–Crippen MR) is 119 cm³/mol. The van der Waals surface area contributed by atoms with Crippen LogP contribution in [0.15, 0.2) is 55.1 Å². The van der Waals surface area contributed by atoms with Gasteiger partial charge in [0.05, 0.1) is 5.69 Å². The Morgan fingerprint density at radius 2 is 1.90 bits per heavy atom. The highest BCUT2D eigenvalue weighted by Gasteiger charge is 2.33. The number of anilines is 1. The van der Waals surface area contributed by atoms with Gasteiger partial charge in [0.25, 0.3) is 5.91 Å². The number of amides is 3. The van der Waals surface area contributed by atoms with Gasteiger partial charge in [0, 0.05) is 18.1 Å². The van der Waals surface area contributed by atoms with Crippen LogP contribution in [0.3, 0.4) is 0 Å². The molecular formula is C23H25ClFN3O3. The van der Waals surface area contributed by atoms with Crippen molar-refractivity contribution in [2.45, 2.75) is 19.3 Å². The van der Waals surface area contributed by atoms with Crippen LogP contribution in [-0.4, -0.2) is 36.5 Å². The Morgan fingerprint density at radius 3 is 2.52 bits per heavy atom. The number of ether oxygens (including phenoxy) is 1. The van der Waals surface area contributed by atoms with Crippen molar-refractivity contribution in [3.05, 3.63) is 71.5 Å². The summed E-state index contributed by atoms with van der Waals surface area (Å²) in [5.41, 5.74) is 6.38. The summed E-state index contributed by atoms with van der Waals surface area (Å²) < 4.78 is 18.8. The molecule has 2 aromatic carbocycles. The number of primary amides is 1. The van der Waals surface area contributed by atoms with E-state index >= 15 is 0 Å². The van der Waals surface area contributed by atoms with E-state index in [1.54, 1.807) is 29.2 Å². The van der Waals surface area contributed by atoms with Crippen LogP contribution >= 0.6 is 11.6 Å². The van der Waals surface area contributed by atoms with Crippen molar-refractivity contribution in [1.29, 1.82) is 0 Å². The second kappa shape index (κ2) is 9.83. The smallest absolute Gasteiger partial charge is 0.316 e. The monoisotopic (exact) mass is 445 g/mol. The minimum Gasteiger partial charge on any atom is -0.482 e. The van der Waals surface area contributed by atoms with Crippen LogP contribution in [0.2, 0.25) is 5.02 Å². The number of piperidine rings is 1. The van der Waals surface area contributed by atoms with Crippen LogP contribution in [0.4, 0.5) is 14.9 Å². The lowest BCUT2D eigenvalue weighted by molar-refractivity contribution is -0.135. The van der Waals surface area contributed by atoms with Crippen molar-refractivity contribution in [1.82, 2.24) is 4.90 Å². The Balaban J connectivity index is 1.57. The Labute approximate surface area is 185 Å². The number of urea groups is 1. The highest BCUT2D eigenvalue weighted by Crippen LogP contribution is 2.36. The number of likely N-dealkylation sites (tertiary alicyclic amines) is 1. The number of nitrogens with zero attached hydrogens (tertiary/aromatic N) is 1. The van der Waals surface area contributed by atoms with Crippen LogP contribution in [0.25, 0.3) is 0 Å². The topological polar surface area (TPSA) is 84.7 Å². The normalized spacial score (nSPS) is 15.2. The zero-order valence-corrected chi connectivity index (χ0v) is 17.8. The molecule has 1 heterocycles. The molecular weight excluding hydrogens is 421 g/mol. The molecule has 1 aliphatic rings. The van der Waals surface area contributed by atoms with Gasteiger partial charge in [-0.2, -0.15) is 0 Å². The zero-order chi connectivity index (χ0) is 22.4. The maximum atomic E-state index is 13.2. The Bertz CT molecular complexity index is 957. The van der Waals surface area contributed by atoms with E-state index in [9.17, 15) is 14.0 Å². The largest absolute Gasteiger partial charge is 0.482 e. The summed E-state index contributed by atoms with van der Waals surface area (Å²) in [5.74, 6) is -0.101. The molecule has 3 amide bonds. The fraction of sp³-hybridized carbons (Fsp3) is 0.304. The number of halogens is 2. The first-order chi connectivity index (χ1) is 14.8. The molecule has 0 bridgehead atoms. The molecule has 0 aromatic heterocycles. The van der Waals surface area contributed by atoms with E-state index in [2.05, 4.69) is 11.9 Å². The molecule has 164 valence electrons. The fourth-order valence-electron chi connectivity index (χ4n) is 3.75. The van der Waals surface area contributed by atoms with Gasteiger partial charge in [0.15, 0.2) is 6.61 Å². The van der Waals surface area contributed by atoms with Gasteiger partial charge < -0.3 is 20.7 Å². The molecule has 3 N–H and O–H groups in total. The molecule has 0 unspecified atom stereocenters. The number of benzene rings is 2. The summed E-state index contributed by atoms with van der Waals surface area (Å²) in [6.07, 6.45) is 4.22. The van der Waals surface area contributed by atoms with E-state index in [0.29, 0.717) is 29.5 Å². The van der Waals surface area contributed by atoms with Gasteiger partial charge in [-0.05, 0) is 60.6 Å². The third kappa shape index (κ3) is 5.98. The van der Waals surface area contributed by atoms with Crippen LogP contribution in [-0.2, 0) is 11.2 Å². The van der Waals surface area contributed by atoms with Gasteiger partial charge in [-0.15, -0.1) is 6.58 Å². The van der Waals surface area contributed by atoms with Gasteiger partial charge in [-0.25, -0.2) is 9.18 Å². The molecule has 0 aliphatic carbocycles. The standard InChI is InChI=1S/C23H25ClFN3O3/c1-2-23(14-16-3-6-18(25)7-4-16)9-11-28(12-10-23)21(29)15-31-20-8-5-17(24)13-19(20)27-22(26)30/h2-8,13H,1,9-12,14-15H2,(H3,26,27,30). The maximum Gasteiger partial charge on any atom is 0.316 e. The third-order valence-corrected chi connectivity index (χ3v) is 5.80. The zero-order valence-electron chi connectivity index (χ0n) is 17.1. The number of nitrogens with two attached hydrogens (primary N) is 1. The summed E-state index contributed by atoms with van der Waals surface area (Å²) >= 11 is 5.94. The molecule has 1 saturated heterocycles. The number of nitrogens with one attached hydrogen (secondary N) is 1. The third-order valence-electron chi connectivity index (χ3n) is 5.57. The number of rotatable bonds is 7. The summed E-state index contributed by atoms with van der Waals surface area (Å²) in [4.78, 5) is 25.6. The molecule has 0 radical (unpaired) electrons. The second-order valence-electron chi connectivity index (χ2n) is 7.67. The summed E-state index contributed by atoms with van der Waals surface area (Å²) in [6.45, 7) is 4.97. The van der Waals surface area contributed by atoms with Crippen molar-refractivity contribution < 1.29 is 18.7 Å². The van der Waals surface area contributed by atoms with E-state index in [1.807, 2.05) is 6.08 Å². The molecule has 3 rings (SSSR count). The first-order valence-corrected chi connectivity index (χ1v) is 10.3. The number of carbonyl (C=O) groups excluding carboxylic acids is 2. The van der Waals surface area contributed by atoms with E-state index in [0.717, 1.165) is 24.8 Å². The molecule has 31 heavy (non-hydrogen) atoms. The lowest BCUT2D eigenvalue weighted by atomic mass is 9.74. The average molecular weight is 446 g/mol. The molecule has 6 nitrogen and oxygen atoms in total. The molecule has 0 saturated carbocycles. The number of allylic oxidation sites excluding steroid dienone is 1. The first kappa shape index (κ1) is 22.6. The molecule has 0 atom stereocenters. The number of carbonyl (C=O) groups is 2. The van der Waals surface area contributed by atoms with Crippen LogP contribution in [0.5, 0.6) is 5.75 Å². The second-order valence-corrected chi connectivity index (χ2v) is 8.11. The summed E-state index contributed by atoms with van der Waals surface area (Å²) in [7, 11) is 0. The highest BCUT2D eigenvalue weighted by atomic mass is 35.5. The summed E-state index contributed by atoms with van der Waals surface area (Å²) in [5, 5.41) is 2.84. The lowest BCUT2D eigenvalue weighted by Gasteiger charge is -2.40. The molecule has 1 aliphatic heterocycles. The van der Waals surface area contributed by atoms with E-state index in [1.165, 1.54) is 18.2 Å². The Hall–Kier alpha value is -3.06. The van der Waals surface area contributed by atoms with Crippen LogP contribution in [0.1, 0.15) is 18.4 Å². The van der Waals surface area contributed by atoms with E-state index in [-0.39, 0.29) is 23.7 Å². The Kier molecular flexibility index (Phi) is 7.17. The minimum atomic E-state index is -0.753. The quantitative estimate of drug-likeness (QED) is 0.620. The van der Waals surface area contributed by atoms with E-state index < -0.39 is 6.03 Å². The maximum absolute atomic E-state index is 13.2. The minimum absolute atomic E-state index is 0.135. The van der Waals surface area contributed by atoms with Gasteiger partial charge in [0.1, 0.15) is 11.6 Å². The summed E-state index contributed by atoms with van der Waals surface area (Å²) in [6, 6.07) is 10.4. The highest BCUT2D eigenvalue weighted by molar-refractivity contribution is 6.31. The molecule has 0 spiro atoms. The predicted octanol–water partition coefficient (Wildman–Crippen LogP) is 4.39. The first-order valence-electron chi connectivity index (χ1n) is 9.95. The van der Waals surface area contributed by atoms with Crippen LogP contribution in [0, 0.1) is 11.2 Å². The molecule has 2 aromatic rings. The molecule has 1 fully saturated rings. The van der Waals surface area contributed by atoms with Gasteiger partial charge in [0.2, 0.25) is 0 Å².